The number of ether oxygens (including phenoxy) is 4. The number of allylic oxidation sites excluding steroid dienone is 2. The third kappa shape index (κ3) is 57.7. The van der Waals surface area contributed by atoms with E-state index in [-0.39, 0.29) is 32.2 Å². The second-order valence-electron chi connectivity index (χ2n) is 23.4. The van der Waals surface area contributed by atoms with Crippen LogP contribution in [0.5, 0.6) is 0 Å². The minimum atomic E-state index is -1.62. The minimum Gasteiger partial charge on any atom is -0.545 e. The number of unbranched alkanes of at least 4 members (excludes halogenated alkanes) is 44. The zero-order valence-electron chi connectivity index (χ0n) is 50.0. The van der Waals surface area contributed by atoms with Crippen LogP contribution < -0.4 is 5.11 Å². The summed E-state index contributed by atoms with van der Waals surface area (Å²) in [5.41, 5.74) is 0. The van der Waals surface area contributed by atoms with Crippen LogP contribution in [-0.2, 0) is 33.3 Å². The molecule has 0 spiro atoms. The number of rotatable bonds is 61. The van der Waals surface area contributed by atoms with E-state index in [0.717, 1.165) is 38.5 Å². The van der Waals surface area contributed by atoms with Gasteiger partial charge >= 0.3 is 11.9 Å². The van der Waals surface area contributed by atoms with Gasteiger partial charge in [-0.1, -0.05) is 289 Å². The summed E-state index contributed by atoms with van der Waals surface area (Å²) in [6.07, 6.45) is 64.3. The second kappa shape index (κ2) is 57.2. The Morgan fingerprint density at radius 3 is 1.00 bits per heavy atom. The number of likely N-dealkylation sites (N-methyl/N-ethyl adjacent to an activating group) is 1. The fraction of sp³-hybridized carbons (Fsp3) is 0.923. The summed E-state index contributed by atoms with van der Waals surface area (Å²) in [5.74, 6) is -2.25. The van der Waals surface area contributed by atoms with Crippen LogP contribution in [0.2, 0.25) is 0 Å². The molecule has 0 saturated heterocycles. The van der Waals surface area contributed by atoms with Gasteiger partial charge in [-0.2, -0.15) is 0 Å². The van der Waals surface area contributed by atoms with Crippen molar-refractivity contribution < 1.29 is 42.9 Å². The lowest BCUT2D eigenvalue weighted by Crippen LogP contribution is -2.44. The number of carboxylic acid groups (broad SMARTS) is 1. The molecule has 0 heterocycles. The van der Waals surface area contributed by atoms with Crippen LogP contribution in [0.25, 0.3) is 0 Å². The molecule has 0 aromatic rings. The highest BCUT2D eigenvalue weighted by atomic mass is 16.7. The van der Waals surface area contributed by atoms with E-state index in [2.05, 4.69) is 26.0 Å². The van der Waals surface area contributed by atoms with Crippen LogP contribution in [0.15, 0.2) is 12.2 Å². The summed E-state index contributed by atoms with van der Waals surface area (Å²) in [4.78, 5) is 37.4. The van der Waals surface area contributed by atoms with Gasteiger partial charge in [-0.3, -0.25) is 9.59 Å². The van der Waals surface area contributed by atoms with Gasteiger partial charge in [-0.25, -0.2) is 0 Å². The van der Waals surface area contributed by atoms with Crippen LogP contribution in [0.3, 0.4) is 0 Å². The van der Waals surface area contributed by atoms with Gasteiger partial charge < -0.3 is 33.3 Å². The maximum Gasteiger partial charge on any atom is 0.306 e. The first-order valence-electron chi connectivity index (χ1n) is 32.3. The number of esters is 2. The molecule has 0 saturated carbocycles. The average molecular weight is 1050 g/mol. The average Bonchev–Trinajstić information content (AvgIpc) is 3.37. The largest absolute Gasteiger partial charge is 0.545 e. The molecule has 9 nitrogen and oxygen atoms in total. The number of carboxylic acids is 1. The molecule has 0 N–H and O–H groups in total. The van der Waals surface area contributed by atoms with E-state index in [0.29, 0.717) is 17.4 Å². The Labute approximate surface area is 459 Å². The van der Waals surface area contributed by atoms with Crippen molar-refractivity contribution in [1.29, 1.82) is 0 Å². The summed E-state index contributed by atoms with van der Waals surface area (Å²) in [6, 6.07) is 0. The molecule has 438 valence electrons. The van der Waals surface area contributed by atoms with Crippen molar-refractivity contribution in [2.75, 3.05) is 47.5 Å². The summed E-state index contributed by atoms with van der Waals surface area (Å²) in [7, 11) is 5.94. The molecular formula is C65H125NO8. The SMILES string of the molecule is CCCCCCCCCC/C=C\CCCCCCCCCCCCCCCCCCCCCC(=O)OC(COC(=O)CCCCCCCCCCCCCCCCCCCC)COC(OCC[N+](C)(C)C)C(=O)[O-]. The molecule has 0 aliphatic carbocycles. The number of quaternary nitrogens is 1. The molecular weight excluding hydrogens is 923 g/mol. The van der Waals surface area contributed by atoms with Crippen molar-refractivity contribution in [3.8, 4) is 0 Å². The normalized spacial score (nSPS) is 12.7. The lowest BCUT2D eigenvalue weighted by atomic mass is 10.0. The van der Waals surface area contributed by atoms with E-state index in [9.17, 15) is 19.5 Å². The van der Waals surface area contributed by atoms with Crippen LogP contribution in [0.4, 0.5) is 0 Å². The molecule has 0 aromatic carbocycles. The lowest BCUT2D eigenvalue weighted by Gasteiger charge is -2.26. The van der Waals surface area contributed by atoms with Gasteiger partial charge in [0.1, 0.15) is 13.2 Å². The zero-order chi connectivity index (χ0) is 54.1. The fourth-order valence-electron chi connectivity index (χ4n) is 9.77. The van der Waals surface area contributed by atoms with Crippen molar-refractivity contribution in [3.63, 3.8) is 0 Å². The Hall–Kier alpha value is -1.97. The molecule has 0 aliphatic heterocycles. The maximum atomic E-state index is 12.9. The minimum absolute atomic E-state index is 0.152. The monoisotopic (exact) mass is 1050 g/mol. The highest BCUT2D eigenvalue weighted by molar-refractivity contribution is 5.70. The van der Waals surface area contributed by atoms with E-state index in [4.69, 9.17) is 18.9 Å². The predicted molar refractivity (Wildman–Crippen MR) is 311 cm³/mol. The van der Waals surface area contributed by atoms with Gasteiger partial charge in [0.15, 0.2) is 12.4 Å². The first-order chi connectivity index (χ1) is 36.1. The van der Waals surface area contributed by atoms with Crippen LogP contribution in [0.1, 0.15) is 328 Å². The molecule has 0 aromatic heterocycles. The van der Waals surface area contributed by atoms with Gasteiger partial charge in [0, 0.05) is 12.8 Å². The summed E-state index contributed by atoms with van der Waals surface area (Å²) in [5, 5.41) is 11.8. The number of carbonyl (C=O) groups is 3. The van der Waals surface area contributed by atoms with Crippen molar-refractivity contribution in [2.45, 2.75) is 341 Å². The molecule has 2 unspecified atom stereocenters. The molecule has 0 radical (unpaired) electrons. The standard InChI is InChI=1S/C65H125NO8/c1-6-8-10-12-14-16-18-20-22-24-26-27-28-29-30-31-32-33-34-35-36-37-38-40-42-44-46-48-50-52-54-56-63(68)74-61(60-73-65(64(69)70)71-58-57-66(3,4)5)59-72-62(67)55-53-51-49-47-45-43-41-39-25-23-21-19-17-15-13-11-9-7-2/h24,26,61,65H,6-23,25,27-60H2,1-5H3/b26-24-. The van der Waals surface area contributed by atoms with Crippen LogP contribution in [-0.4, -0.2) is 82.3 Å². The third-order valence-corrected chi connectivity index (χ3v) is 14.8. The molecule has 0 bridgehead atoms. The molecule has 0 aliphatic rings. The Kier molecular flexibility index (Phi) is 55.7. The molecule has 0 fully saturated rings. The third-order valence-electron chi connectivity index (χ3n) is 14.8. The topological polar surface area (TPSA) is 111 Å². The van der Waals surface area contributed by atoms with Crippen molar-refractivity contribution in [2.24, 2.45) is 0 Å². The zero-order valence-corrected chi connectivity index (χ0v) is 50.0. The Bertz CT molecular complexity index is 1220. The second-order valence-corrected chi connectivity index (χ2v) is 23.4. The Morgan fingerprint density at radius 2 is 0.689 bits per heavy atom. The van der Waals surface area contributed by atoms with Gasteiger partial charge in [0.05, 0.1) is 40.3 Å². The van der Waals surface area contributed by atoms with E-state index < -0.39 is 24.3 Å². The van der Waals surface area contributed by atoms with Crippen LogP contribution >= 0.6 is 0 Å². The number of carbonyl (C=O) groups excluding carboxylic acids is 3. The lowest BCUT2D eigenvalue weighted by molar-refractivity contribution is -0.870. The number of hydrogen-bond donors (Lipinski definition) is 0. The van der Waals surface area contributed by atoms with Crippen molar-refractivity contribution in [3.05, 3.63) is 12.2 Å². The molecule has 0 amide bonds. The molecule has 74 heavy (non-hydrogen) atoms. The summed E-state index contributed by atoms with van der Waals surface area (Å²) < 4.78 is 22.8. The van der Waals surface area contributed by atoms with Crippen molar-refractivity contribution in [1.82, 2.24) is 0 Å². The van der Waals surface area contributed by atoms with E-state index in [1.54, 1.807) is 0 Å². The number of hydrogen-bond acceptors (Lipinski definition) is 8. The summed E-state index contributed by atoms with van der Waals surface area (Å²) >= 11 is 0. The highest BCUT2D eigenvalue weighted by Crippen LogP contribution is 2.18. The fourth-order valence-corrected chi connectivity index (χ4v) is 9.77. The molecule has 2 atom stereocenters. The summed E-state index contributed by atoms with van der Waals surface area (Å²) in [6.45, 7) is 4.82. The first kappa shape index (κ1) is 72.0. The first-order valence-corrected chi connectivity index (χ1v) is 32.3. The Morgan fingerprint density at radius 1 is 0.392 bits per heavy atom. The van der Waals surface area contributed by atoms with Crippen LogP contribution in [0, 0.1) is 0 Å². The van der Waals surface area contributed by atoms with Gasteiger partial charge in [0.25, 0.3) is 0 Å². The number of aliphatic carboxylic acids is 1. The highest BCUT2D eigenvalue weighted by Gasteiger charge is 2.22. The molecule has 0 rings (SSSR count). The van der Waals surface area contributed by atoms with Gasteiger partial charge in [-0.15, -0.1) is 0 Å². The maximum absolute atomic E-state index is 12.9. The van der Waals surface area contributed by atoms with E-state index in [1.807, 2.05) is 21.1 Å². The van der Waals surface area contributed by atoms with Gasteiger partial charge in [0.2, 0.25) is 0 Å². The number of nitrogens with zero attached hydrogens (tertiary/aromatic N) is 1. The van der Waals surface area contributed by atoms with Crippen molar-refractivity contribution >= 4 is 17.9 Å². The van der Waals surface area contributed by atoms with E-state index >= 15 is 0 Å². The smallest absolute Gasteiger partial charge is 0.306 e. The molecule has 9 heteroatoms. The van der Waals surface area contributed by atoms with Gasteiger partial charge in [-0.05, 0) is 38.5 Å². The predicted octanol–water partition coefficient (Wildman–Crippen LogP) is 18.0. The Balaban J connectivity index is 4.07. The quantitative estimate of drug-likeness (QED) is 0.0195. The van der Waals surface area contributed by atoms with E-state index in [1.165, 1.54) is 263 Å².